The van der Waals surface area contributed by atoms with E-state index in [1.54, 1.807) is 12.1 Å². The van der Waals surface area contributed by atoms with Crippen LogP contribution < -0.4 is 4.90 Å². The van der Waals surface area contributed by atoms with Crippen LogP contribution >= 0.6 is 0 Å². The van der Waals surface area contributed by atoms with Crippen molar-refractivity contribution in [1.29, 1.82) is 0 Å². The van der Waals surface area contributed by atoms with E-state index in [-0.39, 0.29) is 0 Å². The first-order valence-corrected chi connectivity index (χ1v) is 5.13. The number of carbonyl (C=O) groups is 2. The van der Waals surface area contributed by atoms with Gasteiger partial charge in [0.25, 0.3) is 0 Å². The highest BCUT2D eigenvalue weighted by Crippen LogP contribution is 2.29. The number of hydrogen-bond donors (Lipinski definition) is 1. The molecule has 0 spiro atoms. The van der Waals surface area contributed by atoms with Crippen LogP contribution in [0.25, 0.3) is 0 Å². The number of anilines is 1. The van der Waals surface area contributed by atoms with Gasteiger partial charge >= 0.3 is 5.97 Å². The number of aliphatic imine (C=N–C) groups is 1. The van der Waals surface area contributed by atoms with E-state index in [2.05, 4.69) is 4.99 Å². The number of nitrogens with zero attached hydrogens (tertiary/aromatic N) is 2. The van der Waals surface area contributed by atoms with Gasteiger partial charge in [-0.25, -0.2) is 0 Å². The second-order valence-corrected chi connectivity index (χ2v) is 4.05. The normalized spacial score (nSPS) is 17.8. The number of Topliss-reactive ketones (excluding diaryl/α,β-unsaturated/α-hetero) is 1. The third-order valence-electron chi connectivity index (χ3n) is 2.67. The van der Waals surface area contributed by atoms with Gasteiger partial charge in [0.15, 0.2) is 11.7 Å². The number of carbonyl (C=O) groups excluding carboxylic acids is 1. The van der Waals surface area contributed by atoms with E-state index in [1.165, 1.54) is 6.21 Å². The summed E-state index contributed by atoms with van der Waals surface area (Å²) in [6.45, 7) is 0. The maximum Gasteiger partial charge on any atom is 0.319 e. The lowest BCUT2D eigenvalue weighted by Crippen LogP contribution is -2.27. The smallest absolute Gasteiger partial charge is 0.319 e. The lowest BCUT2D eigenvalue weighted by Gasteiger charge is -2.18. The van der Waals surface area contributed by atoms with Crippen LogP contribution in [0, 0.1) is 5.92 Å². The number of ketones is 1. The van der Waals surface area contributed by atoms with E-state index in [1.807, 2.05) is 25.1 Å². The topological polar surface area (TPSA) is 70.0 Å². The summed E-state index contributed by atoms with van der Waals surface area (Å²) in [4.78, 5) is 28.7. The molecule has 1 aromatic rings. The Morgan fingerprint density at radius 2 is 2.12 bits per heavy atom. The van der Waals surface area contributed by atoms with Crippen LogP contribution in [0.3, 0.4) is 0 Å². The fraction of sp³-hybridized carbons (Fsp3) is 0.250. The quantitative estimate of drug-likeness (QED) is 0.781. The Bertz CT molecular complexity index is 520. The molecule has 17 heavy (non-hydrogen) atoms. The molecule has 5 heteroatoms. The van der Waals surface area contributed by atoms with Gasteiger partial charge in [0, 0.05) is 31.6 Å². The Morgan fingerprint density at radius 3 is 2.71 bits per heavy atom. The van der Waals surface area contributed by atoms with E-state index in [0.29, 0.717) is 11.3 Å². The predicted octanol–water partition coefficient (Wildman–Crippen LogP) is 1.35. The Hall–Kier alpha value is -2.17. The van der Waals surface area contributed by atoms with E-state index in [9.17, 15) is 9.59 Å². The van der Waals surface area contributed by atoms with Gasteiger partial charge in [0.2, 0.25) is 0 Å². The number of aliphatic carboxylic acids is 1. The van der Waals surface area contributed by atoms with Crippen LogP contribution in [0.15, 0.2) is 23.2 Å². The molecule has 0 bridgehead atoms. The Balaban J connectivity index is 2.49. The van der Waals surface area contributed by atoms with Gasteiger partial charge in [-0.3, -0.25) is 14.6 Å². The molecule has 88 valence electrons. The predicted molar refractivity (Wildman–Crippen MR) is 64.4 cm³/mol. The number of carboxylic acid groups (broad SMARTS) is 1. The first kappa shape index (κ1) is 11.3. The number of fused-ring (bicyclic) bond motifs is 1. The molecule has 0 radical (unpaired) electrons. The second-order valence-electron chi connectivity index (χ2n) is 4.05. The molecule has 2 rings (SSSR count). The fourth-order valence-corrected chi connectivity index (χ4v) is 1.68. The minimum Gasteiger partial charge on any atom is -0.480 e. The zero-order chi connectivity index (χ0) is 12.6. The van der Waals surface area contributed by atoms with Crippen LogP contribution in [-0.2, 0) is 4.79 Å². The molecule has 5 nitrogen and oxygen atoms in total. The van der Waals surface area contributed by atoms with Crippen molar-refractivity contribution in [3.8, 4) is 0 Å². The van der Waals surface area contributed by atoms with Gasteiger partial charge in [0.1, 0.15) is 0 Å². The monoisotopic (exact) mass is 232 g/mol. The van der Waals surface area contributed by atoms with E-state index >= 15 is 0 Å². The van der Waals surface area contributed by atoms with Crippen molar-refractivity contribution in [1.82, 2.24) is 0 Å². The summed E-state index contributed by atoms with van der Waals surface area (Å²) >= 11 is 0. The highest BCUT2D eigenvalue weighted by atomic mass is 16.4. The van der Waals surface area contributed by atoms with Crippen molar-refractivity contribution in [3.05, 3.63) is 23.8 Å². The molecule has 1 atom stereocenters. The van der Waals surface area contributed by atoms with Crippen molar-refractivity contribution in [2.75, 3.05) is 19.0 Å². The van der Waals surface area contributed by atoms with Crippen LogP contribution in [0.2, 0.25) is 0 Å². The fourth-order valence-electron chi connectivity index (χ4n) is 1.68. The number of hydrogen-bond acceptors (Lipinski definition) is 4. The number of rotatable bonds is 2. The molecule has 0 aromatic heterocycles. The molecule has 1 aliphatic rings. The summed E-state index contributed by atoms with van der Waals surface area (Å²) in [6.07, 6.45) is 1.18. The minimum absolute atomic E-state index is 0.367. The molecule has 0 saturated heterocycles. The lowest BCUT2D eigenvalue weighted by atomic mass is 9.94. The van der Waals surface area contributed by atoms with Gasteiger partial charge in [-0.05, 0) is 18.2 Å². The molecule has 0 fully saturated rings. The van der Waals surface area contributed by atoms with Crippen LogP contribution in [0.1, 0.15) is 10.4 Å². The van der Waals surface area contributed by atoms with Crippen LogP contribution in [0.5, 0.6) is 0 Å². The Labute approximate surface area is 98.4 Å². The summed E-state index contributed by atoms with van der Waals surface area (Å²) in [5.41, 5.74) is 1.74. The highest BCUT2D eigenvalue weighted by molar-refractivity contribution is 6.22. The molecule has 1 aromatic carbocycles. The summed E-state index contributed by atoms with van der Waals surface area (Å²) in [7, 11) is 3.71. The molecule has 1 aliphatic heterocycles. The van der Waals surface area contributed by atoms with Gasteiger partial charge in [-0.15, -0.1) is 0 Å². The van der Waals surface area contributed by atoms with E-state index < -0.39 is 17.7 Å². The number of carboxylic acids is 1. The first-order valence-electron chi connectivity index (χ1n) is 5.13. The summed E-state index contributed by atoms with van der Waals surface area (Å²) in [5.74, 6) is -2.74. The third-order valence-corrected chi connectivity index (χ3v) is 2.67. The summed E-state index contributed by atoms with van der Waals surface area (Å²) in [6, 6.07) is 5.23. The maximum absolute atomic E-state index is 11.9. The highest BCUT2D eigenvalue weighted by Gasteiger charge is 2.30. The molecule has 0 saturated carbocycles. The molecule has 1 heterocycles. The lowest BCUT2D eigenvalue weighted by molar-refractivity contribution is -0.137. The van der Waals surface area contributed by atoms with E-state index in [0.717, 1.165) is 5.69 Å². The first-order chi connectivity index (χ1) is 8.00. The maximum atomic E-state index is 11.9. The zero-order valence-corrected chi connectivity index (χ0v) is 9.54. The zero-order valence-electron chi connectivity index (χ0n) is 9.54. The average molecular weight is 232 g/mol. The minimum atomic E-state index is -1.17. The van der Waals surface area contributed by atoms with Gasteiger partial charge in [-0.1, -0.05) is 0 Å². The molecule has 1 N–H and O–H groups in total. The second kappa shape index (κ2) is 4.01. The molecule has 1 unspecified atom stereocenters. The average Bonchev–Trinajstić information content (AvgIpc) is 2.28. The Morgan fingerprint density at radius 1 is 1.41 bits per heavy atom. The summed E-state index contributed by atoms with van der Waals surface area (Å²) in [5, 5.41) is 8.89. The van der Waals surface area contributed by atoms with Crippen molar-refractivity contribution < 1.29 is 14.7 Å². The summed E-state index contributed by atoms with van der Waals surface area (Å²) < 4.78 is 0. The van der Waals surface area contributed by atoms with Crippen molar-refractivity contribution >= 4 is 29.3 Å². The Kier molecular flexibility index (Phi) is 2.67. The van der Waals surface area contributed by atoms with Gasteiger partial charge < -0.3 is 10.0 Å². The molecule has 0 amide bonds. The van der Waals surface area contributed by atoms with Crippen LogP contribution in [-0.4, -0.2) is 37.2 Å². The standard InChI is InChI=1S/C12H12N2O3/c1-14(2)7-3-4-10-8(5-7)11(15)9(6-13-10)12(16)17/h3-6,9H,1-2H3,(H,16,17). The SMILES string of the molecule is CN(C)c1ccc2c(c1)C(=O)C(C(=O)O)C=N2. The third kappa shape index (κ3) is 1.91. The molecular formula is C12H12N2O3. The van der Waals surface area contributed by atoms with Gasteiger partial charge in [-0.2, -0.15) is 0 Å². The largest absolute Gasteiger partial charge is 0.480 e. The van der Waals surface area contributed by atoms with Crippen molar-refractivity contribution in [2.24, 2.45) is 10.9 Å². The van der Waals surface area contributed by atoms with Crippen molar-refractivity contribution in [2.45, 2.75) is 0 Å². The van der Waals surface area contributed by atoms with Crippen molar-refractivity contribution in [3.63, 3.8) is 0 Å². The van der Waals surface area contributed by atoms with Gasteiger partial charge in [0.05, 0.1) is 5.69 Å². The van der Waals surface area contributed by atoms with E-state index in [4.69, 9.17) is 5.11 Å². The number of benzene rings is 1. The van der Waals surface area contributed by atoms with Crippen LogP contribution in [0.4, 0.5) is 11.4 Å². The molecule has 0 aliphatic carbocycles. The molecular weight excluding hydrogens is 220 g/mol.